The van der Waals surface area contributed by atoms with Crippen molar-refractivity contribution in [1.29, 1.82) is 0 Å². The highest BCUT2D eigenvalue weighted by atomic mass is 16.5. The van der Waals surface area contributed by atoms with E-state index in [1.54, 1.807) is 30.3 Å². The highest BCUT2D eigenvalue weighted by Crippen LogP contribution is 2.25. The van der Waals surface area contributed by atoms with E-state index < -0.39 is 5.97 Å². The van der Waals surface area contributed by atoms with E-state index in [2.05, 4.69) is 0 Å². The van der Waals surface area contributed by atoms with E-state index in [9.17, 15) is 9.59 Å². The Balaban J connectivity index is 1.44. The van der Waals surface area contributed by atoms with E-state index in [1.165, 1.54) is 0 Å². The van der Waals surface area contributed by atoms with E-state index in [4.69, 9.17) is 18.6 Å². The number of aryl methyl sites for hydroxylation is 1. The minimum absolute atomic E-state index is 0.0413. The SMILES string of the molecule is CCOc1ccc(OCCC(=O)OCC(=O)c2oc3ccccc3c2C)cc1. The molecule has 0 fully saturated rings. The van der Waals surface area contributed by atoms with Crippen LogP contribution >= 0.6 is 0 Å². The molecule has 6 nitrogen and oxygen atoms in total. The Morgan fingerprint density at radius 1 is 0.964 bits per heavy atom. The Labute approximate surface area is 163 Å². The molecule has 0 unspecified atom stereocenters. The molecule has 0 radical (unpaired) electrons. The number of carbonyl (C=O) groups is 2. The molecule has 1 aromatic heterocycles. The van der Waals surface area contributed by atoms with Crippen LogP contribution in [0.15, 0.2) is 52.9 Å². The predicted molar refractivity (Wildman–Crippen MR) is 104 cm³/mol. The molecule has 6 heteroatoms. The maximum Gasteiger partial charge on any atom is 0.309 e. The molecule has 0 bridgehead atoms. The van der Waals surface area contributed by atoms with Gasteiger partial charge in [-0.1, -0.05) is 18.2 Å². The first-order valence-corrected chi connectivity index (χ1v) is 9.11. The van der Waals surface area contributed by atoms with Crippen molar-refractivity contribution in [2.45, 2.75) is 20.3 Å². The lowest BCUT2D eigenvalue weighted by atomic mass is 10.1. The number of hydrogen-bond donors (Lipinski definition) is 0. The first-order valence-electron chi connectivity index (χ1n) is 9.11. The molecular formula is C22H22O6. The number of ketones is 1. The molecule has 28 heavy (non-hydrogen) atoms. The van der Waals surface area contributed by atoms with Crippen molar-refractivity contribution >= 4 is 22.7 Å². The van der Waals surface area contributed by atoms with Gasteiger partial charge < -0.3 is 18.6 Å². The quantitative estimate of drug-likeness (QED) is 0.405. The van der Waals surface area contributed by atoms with E-state index >= 15 is 0 Å². The summed E-state index contributed by atoms with van der Waals surface area (Å²) < 4.78 is 21.5. The molecule has 146 valence electrons. The third-order valence-electron chi connectivity index (χ3n) is 4.17. The Kier molecular flexibility index (Phi) is 6.32. The van der Waals surface area contributed by atoms with Crippen LogP contribution in [0.5, 0.6) is 11.5 Å². The van der Waals surface area contributed by atoms with Gasteiger partial charge in [-0.3, -0.25) is 9.59 Å². The summed E-state index contributed by atoms with van der Waals surface area (Å²) in [6.07, 6.45) is 0.0413. The van der Waals surface area contributed by atoms with Crippen LogP contribution in [0.3, 0.4) is 0 Å². The Hall–Kier alpha value is -3.28. The van der Waals surface area contributed by atoms with Crippen LogP contribution in [0, 0.1) is 6.92 Å². The number of hydrogen-bond acceptors (Lipinski definition) is 6. The van der Waals surface area contributed by atoms with E-state index in [0.29, 0.717) is 17.9 Å². The van der Waals surface area contributed by atoms with Crippen molar-refractivity contribution in [2.75, 3.05) is 19.8 Å². The second kappa shape index (κ2) is 9.08. The summed E-state index contributed by atoms with van der Waals surface area (Å²) in [4.78, 5) is 24.2. The molecule has 2 aromatic carbocycles. The van der Waals surface area contributed by atoms with Crippen LogP contribution in [0.2, 0.25) is 0 Å². The number of para-hydroxylation sites is 1. The normalized spacial score (nSPS) is 10.6. The molecule has 0 aliphatic carbocycles. The van der Waals surface area contributed by atoms with Crippen molar-refractivity contribution in [3.8, 4) is 11.5 Å². The Bertz CT molecular complexity index is 955. The zero-order valence-electron chi connectivity index (χ0n) is 15.9. The number of Topliss-reactive ketones (excluding diaryl/α,β-unsaturated/α-hetero) is 1. The fourth-order valence-corrected chi connectivity index (χ4v) is 2.78. The number of carbonyl (C=O) groups excluding carboxylic acids is 2. The number of esters is 1. The molecule has 0 N–H and O–H groups in total. The zero-order valence-corrected chi connectivity index (χ0v) is 15.9. The summed E-state index contributed by atoms with van der Waals surface area (Å²) in [5.74, 6) is 0.737. The second-order valence-electron chi connectivity index (χ2n) is 6.14. The molecule has 0 amide bonds. The van der Waals surface area contributed by atoms with Crippen LogP contribution in [0.1, 0.15) is 29.5 Å². The van der Waals surface area contributed by atoms with Gasteiger partial charge in [0.15, 0.2) is 12.4 Å². The van der Waals surface area contributed by atoms with Crippen LogP contribution in [-0.2, 0) is 9.53 Å². The lowest BCUT2D eigenvalue weighted by molar-refractivity contribution is -0.143. The number of rotatable bonds is 9. The molecule has 0 saturated heterocycles. The molecule has 0 spiro atoms. The minimum Gasteiger partial charge on any atom is -0.494 e. The van der Waals surface area contributed by atoms with Crippen molar-refractivity contribution < 1.29 is 28.2 Å². The monoisotopic (exact) mass is 382 g/mol. The standard InChI is InChI=1S/C22H22O6/c1-3-25-16-8-10-17(11-9-16)26-13-12-21(24)27-14-19(23)22-15(2)18-6-4-5-7-20(18)28-22/h4-11H,3,12-14H2,1-2H3. The number of benzene rings is 2. The summed E-state index contributed by atoms with van der Waals surface area (Å²) >= 11 is 0. The van der Waals surface area contributed by atoms with Crippen LogP contribution in [0.4, 0.5) is 0 Å². The van der Waals surface area contributed by atoms with E-state index in [-0.39, 0.29) is 31.2 Å². The Morgan fingerprint density at radius 3 is 2.32 bits per heavy atom. The van der Waals surface area contributed by atoms with Gasteiger partial charge in [0.2, 0.25) is 5.78 Å². The van der Waals surface area contributed by atoms with Gasteiger partial charge in [-0.05, 0) is 44.2 Å². The topological polar surface area (TPSA) is 75.0 Å². The van der Waals surface area contributed by atoms with Gasteiger partial charge in [-0.2, -0.15) is 0 Å². The van der Waals surface area contributed by atoms with Crippen LogP contribution in [-0.4, -0.2) is 31.6 Å². The fourth-order valence-electron chi connectivity index (χ4n) is 2.78. The first-order chi connectivity index (χ1) is 13.6. The number of ether oxygens (including phenoxy) is 3. The molecule has 0 aliphatic rings. The van der Waals surface area contributed by atoms with E-state index in [1.807, 2.05) is 32.0 Å². The van der Waals surface area contributed by atoms with Gasteiger partial charge in [0, 0.05) is 10.9 Å². The second-order valence-corrected chi connectivity index (χ2v) is 6.14. The minimum atomic E-state index is -0.506. The van der Waals surface area contributed by atoms with Gasteiger partial charge in [0.1, 0.15) is 17.1 Å². The molecule has 0 saturated carbocycles. The van der Waals surface area contributed by atoms with Crippen molar-refractivity contribution in [3.05, 3.63) is 59.9 Å². The van der Waals surface area contributed by atoms with Crippen LogP contribution < -0.4 is 9.47 Å². The zero-order chi connectivity index (χ0) is 19.9. The average molecular weight is 382 g/mol. The molecule has 0 atom stereocenters. The van der Waals surface area contributed by atoms with E-state index in [0.717, 1.165) is 16.7 Å². The van der Waals surface area contributed by atoms with Crippen molar-refractivity contribution in [2.24, 2.45) is 0 Å². The Morgan fingerprint density at radius 2 is 1.64 bits per heavy atom. The molecule has 1 heterocycles. The van der Waals surface area contributed by atoms with Crippen molar-refractivity contribution in [3.63, 3.8) is 0 Å². The molecular weight excluding hydrogens is 360 g/mol. The maximum atomic E-state index is 12.3. The van der Waals surface area contributed by atoms with Crippen molar-refractivity contribution in [1.82, 2.24) is 0 Å². The lowest BCUT2D eigenvalue weighted by Crippen LogP contribution is -2.16. The number of fused-ring (bicyclic) bond motifs is 1. The molecule has 0 aliphatic heterocycles. The maximum absolute atomic E-state index is 12.3. The summed E-state index contributed by atoms with van der Waals surface area (Å²) in [6, 6.07) is 14.5. The fraction of sp³-hybridized carbons (Fsp3) is 0.273. The number of furan rings is 1. The summed E-state index contributed by atoms with van der Waals surface area (Å²) in [5, 5.41) is 0.876. The molecule has 3 aromatic rings. The highest BCUT2D eigenvalue weighted by molar-refractivity contribution is 6.01. The largest absolute Gasteiger partial charge is 0.494 e. The smallest absolute Gasteiger partial charge is 0.309 e. The van der Waals surface area contributed by atoms with Crippen LogP contribution in [0.25, 0.3) is 11.0 Å². The van der Waals surface area contributed by atoms with Gasteiger partial charge >= 0.3 is 5.97 Å². The summed E-state index contributed by atoms with van der Waals surface area (Å²) in [6.45, 7) is 4.12. The summed E-state index contributed by atoms with van der Waals surface area (Å²) in [5.41, 5.74) is 1.38. The average Bonchev–Trinajstić information content (AvgIpc) is 3.05. The third-order valence-corrected chi connectivity index (χ3v) is 4.17. The van der Waals surface area contributed by atoms with Gasteiger partial charge in [0.25, 0.3) is 0 Å². The van der Waals surface area contributed by atoms with Gasteiger partial charge in [0.05, 0.1) is 19.6 Å². The third kappa shape index (κ3) is 4.71. The first kappa shape index (κ1) is 19.5. The summed E-state index contributed by atoms with van der Waals surface area (Å²) in [7, 11) is 0. The highest BCUT2D eigenvalue weighted by Gasteiger charge is 2.18. The lowest BCUT2D eigenvalue weighted by Gasteiger charge is -2.08. The van der Waals surface area contributed by atoms with Gasteiger partial charge in [-0.25, -0.2) is 0 Å². The predicted octanol–water partition coefficient (Wildman–Crippen LogP) is 4.33. The molecule has 3 rings (SSSR count). The van der Waals surface area contributed by atoms with Gasteiger partial charge in [-0.15, -0.1) is 0 Å².